The summed E-state index contributed by atoms with van der Waals surface area (Å²) in [5, 5.41) is 11.9. The first-order chi connectivity index (χ1) is 18.9. The van der Waals surface area contributed by atoms with E-state index in [-0.39, 0.29) is 49.9 Å². The third-order valence-corrected chi connectivity index (χ3v) is 8.20. The Labute approximate surface area is 229 Å². The van der Waals surface area contributed by atoms with Crippen molar-refractivity contribution in [2.45, 2.75) is 45.3 Å². The van der Waals surface area contributed by atoms with Gasteiger partial charge in [-0.05, 0) is 55.9 Å². The molecule has 1 saturated carbocycles. The molecule has 210 valence electrons. The van der Waals surface area contributed by atoms with Gasteiger partial charge in [-0.15, -0.1) is 5.10 Å². The number of alkyl halides is 5. The summed E-state index contributed by atoms with van der Waals surface area (Å²) in [4.78, 5) is 20.7. The molecule has 1 spiro atoms. The molecule has 4 aromatic rings. The number of nitrogens with zero attached hydrogens (tertiary/aromatic N) is 5. The Kier molecular flexibility index (Phi) is 6.15. The molecule has 0 unspecified atom stereocenters. The number of rotatable bonds is 5. The summed E-state index contributed by atoms with van der Waals surface area (Å²) in [6.07, 6.45) is -4.19. The Hall–Kier alpha value is -3.58. The van der Waals surface area contributed by atoms with Crippen LogP contribution in [0.2, 0.25) is 5.02 Å². The summed E-state index contributed by atoms with van der Waals surface area (Å²) in [6.45, 7) is 4.92. The summed E-state index contributed by atoms with van der Waals surface area (Å²) in [5.41, 5.74) is 1.37. The fourth-order valence-corrected chi connectivity index (χ4v) is 5.93. The molecule has 0 bridgehead atoms. The number of pyridine rings is 1. The Morgan fingerprint density at radius 1 is 1.23 bits per heavy atom. The van der Waals surface area contributed by atoms with Gasteiger partial charge in [-0.2, -0.15) is 18.3 Å². The number of aryl methyl sites for hydroxylation is 2. The number of hydrogen-bond donors (Lipinski definition) is 1. The van der Waals surface area contributed by atoms with Crippen LogP contribution in [0, 0.1) is 19.3 Å². The number of hydrogen-bond acceptors (Lipinski definition) is 6. The first kappa shape index (κ1) is 26.6. The van der Waals surface area contributed by atoms with E-state index in [1.165, 1.54) is 10.7 Å². The van der Waals surface area contributed by atoms with Gasteiger partial charge < -0.3 is 10.2 Å². The quantitative estimate of drug-likeness (QED) is 0.309. The second-order valence-electron chi connectivity index (χ2n) is 10.4. The normalized spacial score (nSPS) is 16.9. The zero-order valence-electron chi connectivity index (χ0n) is 21.2. The first-order valence-electron chi connectivity index (χ1n) is 12.4. The van der Waals surface area contributed by atoms with Crippen LogP contribution >= 0.6 is 11.6 Å². The molecular weight excluding hydrogens is 559 g/mol. The second-order valence-corrected chi connectivity index (χ2v) is 10.7. The minimum Gasteiger partial charge on any atom is -0.316 e. The summed E-state index contributed by atoms with van der Waals surface area (Å²) in [6, 6.07) is 4.47. The number of halogens is 6. The van der Waals surface area contributed by atoms with E-state index in [0.717, 1.165) is 19.3 Å². The van der Waals surface area contributed by atoms with Crippen LogP contribution in [0.15, 0.2) is 30.6 Å². The summed E-state index contributed by atoms with van der Waals surface area (Å²) in [7, 11) is 0. The molecule has 8 nitrogen and oxygen atoms in total. The van der Waals surface area contributed by atoms with E-state index in [2.05, 4.69) is 20.2 Å². The topological polar surface area (TPSA) is 86.9 Å². The summed E-state index contributed by atoms with van der Waals surface area (Å²) in [5.74, 6) is -2.48. The molecule has 2 aliphatic rings. The number of carbonyl (C=O) groups is 1. The van der Waals surface area contributed by atoms with Crippen molar-refractivity contribution in [3.63, 3.8) is 0 Å². The highest BCUT2D eigenvalue weighted by molar-refractivity contribution is 6.36. The first-order valence-corrected chi connectivity index (χ1v) is 12.8. The highest BCUT2D eigenvalue weighted by Gasteiger charge is 2.51. The van der Waals surface area contributed by atoms with Crippen LogP contribution in [-0.4, -0.2) is 49.9 Å². The van der Waals surface area contributed by atoms with Crippen molar-refractivity contribution in [3.8, 4) is 22.4 Å². The van der Waals surface area contributed by atoms with E-state index in [1.54, 1.807) is 32.2 Å². The van der Waals surface area contributed by atoms with E-state index < -0.39 is 18.6 Å². The Morgan fingerprint density at radius 2 is 1.95 bits per heavy atom. The van der Waals surface area contributed by atoms with Gasteiger partial charge in [0, 0.05) is 47.1 Å². The summed E-state index contributed by atoms with van der Waals surface area (Å²) < 4.78 is 70.1. The van der Waals surface area contributed by atoms with Crippen LogP contribution in [0.25, 0.3) is 33.3 Å². The highest BCUT2D eigenvalue weighted by atomic mass is 35.5. The lowest BCUT2D eigenvalue weighted by Gasteiger charge is -2.54. The minimum absolute atomic E-state index is 0.0270. The SMILES string of the molecule is Cc1cc2c(cnn2OC(=O)C(F)(F)F)c(-c2c(-c3cccnc3C)nn(C3CC4(CNC4)C3)c2C(F)F)c1Cl. The van der Waals surface area contributed by atoms with Gasteiger partial charge in [0.1, 0.15) is 16.9 Å². The van der Waals surface area contributed by atoms with Gasteiger partial charge in [-0.3, -0.25) is 9.67 Å². The number of benzene rings is 1. The molecule has 2 fully saturated rings. The molecule has 40 heavy (non-hydrogen) atoms. The predicted octanol–water partition coefficient (Wildman–Crippen LogP) is 5.61. The monoisotopic (exact) mass is 580 g/mol. The van der Waals surface area contributed by atoms with Crippen LogP contribution < -0.4 is 10.2 Å². The van der Waals surface area contributed by atoms with Crippen molar-refractivity contribution in [1.82, 2.24) is 30.0 Å². The Bertz CT molecular complexity index is 1650. The van der Waals surface area contributed by atoms with E-state index >= 15 is 8.78 Å². The van der Waals surface area contributed by atoms with Crippen LogP contribution in [0.1, 0.15) is 42.3 Å². The fraction of sp³-hybridized carbons (Fsp3) is 0.385. The maximum atomic E-state index is 15.0. The van der Waals surface area contributed by atoms with E-state index in [9.17, 15) is 18.0 Å². The van der Waals surface area contributed by atoms with Crippen molar-refractivity contribution in [1.29, 1.82) is 0 Å². The molecule has 1 aromatic carbocycles. The van der Waals surface area contributed by atoms with E-state index in [4.69, 9.17) is 16.7 Å². The molecule has 0 radical (unpaired) electrons. The number of aromatic nitrogens is 5. The van der Waals surface area contributed by atoms with Gasteiger partial charge in [0.25, 0.3) is 6.43 Å². The molecule has 1 aliphatic carbocycles. The molecule has 0 atom stereocenters. The van der Waals surface area contributed by atoms with Gasteiger partial charge in [0.15, 0.2) is 0 Å². The zero-order chi connectivity index (χ0) is 28.6. The third kappa shape index (κ3) is 4.14. The van der Waals surface area contributed by atoms with Crippen LogP contribution in [-0.2, 0) is 4.79 Å². The van der Waals surface area contributed by atoms with Crippen LogP contribution in [0.3, 0.4) is 0 Å². The molecule has 4 heterocycles. The van der Waals surface area contributed by atoms with E-state index in [0.29, 0.717) is 34.5 Å². The third-order valence-electron chi connectivity index (χ3n) is 7.71. The number of carbonyl (C=O) groups excluding carboxylic acids is 1. The Morgan fingerprint density at radius 3 is 2.55 bits per heavy atom. The van der Waals surface area contributed by atoms with E-state index in [1.807, 2.05) is 0 Å². The number of nitrogens with one attached hydrogen (secondary N) is 1. The standard InChI is InChI=1S/C26H22ClF5N6O2/c1-12-6-17-16(9-35-38(17)40-24(39)26(30,31)32)18(20(12)27)19-21(15-4-3-5-34-13(15)2)36-37(22(19)23(28)29)14-7-25(8-14)10-33-11-25/h3-6,9,14,23,33H,7-8,10-11H2,1-2H3. The smallest absolute Gasteiger partial charge is 0.316 e. The van der Waals surface area contributed by atoms with Gasteiger partial charge in [0.05, 0.1) is 17.3 Å². The zero-order valence-corrected chi connectivity index (χ0v) is 21.9. The van der Waals surface area contributed by atoms with Crippen LogP contribution in [0.5, 0.6) is 0 Å². The average molecular weight is 581 g/mol. The molecule has 1 N–H and O–H groups in total. The maximum Gasteiger partial charge on any atom is 0.493 e. The summed E-state index contributed by atoms with van der Waals surface area (Å²) >= 11 is 6.75. The molecule has 6 rings (SSSR count). The van der Waals surface area contributed by atoms with Gasteiger partial charge in [-0.1, -0.05) is 16.4 Å². The molecular formula is C26H22ClF5N6O2. The molecule has 1 saturated heterocycles. The minimum atomic E-state index is -5.27. The highest BCUT2D eigenvalue weighted by Crippen LogP contribution is 2.54. The van der Waals surface area contributed by atoms with Crippen molar-refractivity contribution in [2.24, 2.45) is 5.41 Å². The molecule has 14 heteroatoms. The lowest BCUT2D eigenvalue weighted by molar-refractivity contribution is -0.200. The fourth-order valence-electron chi connectivity index (χ4n) is 5.68. The predicted molar refractivity (Wildman–Crippen MR) is 135 cm³/mol. The van der Waals surface area contributed by atoms with Gasteiger partial charge >= 0.3 is 12.1 Å². The number of fused-ring (bicyclic) bond motifs is 1. The Balaban J connectivity index is 1.61. The van der Waals surface area contributed by atoms with Gasteiger partial charge in [-0.25, -0.2) is 13.6 Å². The average Bonchev–Trinajstić information content (AvgIpc) is 3.40. The van der Waals surface area contributed by atoms with Crippen molar-refractivity contribution >= 4 is 28.5 Å². The largest absolute Gasteiger partial charge is 0.493 e. The molecule has 0 amide bonds. The molecule has 1 aliphatic heterocycles. The van der Waals surface area contributed by atoms with Crippen molar-refractivity contribution < 1.29 is 31.6 Å². The second kappa shape index (κ2) is 9.23. The maximum absolute atomic E-state index is 15.0. The lowest BCUT2D eigenvalue weighted by Crippen LogP contribution is -2.60. The van der Waals surface area contributed by atoms with Crippen molar-refractivity contribution in [2.75, 3.05) is 13.1 Å². The van der Waals surface area contributed by atoms with Crippen LogP contribution in [0.4, 0.5) is 22.0 Å². The van der Waals surface area contributed by atoms with Gasteiger partial charge in [0.2, 0.25) is 0 Å². The lowest BCUT2D eigenvalue weighted by atomic mass is 9.61. The van der Waals surface area contributed by atoms with Crippen molar-refractivity contribution in [3.05, 3.63) is 52.6 Å². The molecule has 3 aromatic heterocycles.